The summed E-state index contributed by atoms with van der Waals surface area (Å²) < 4.78 is 18.6. The quantitative estimate of drug-likeness (QED) is 0.936. The van der Waals surface area contributed by atoms with E-state index < -0.39 is 0 Å². The molecular formula is C17H21FN4O. The fraction of sp³-hybridized carbons (Fsp3) is 0.529. The Hall–Kier alpha value is -1.79. The molecule has 4 rings (SSSR count). The van der Waals surface area contributed by atoms with Crippen LogP contribution in [0.5, 0.6) is 0 Å². The van der Waals surface area contributed by atoms with Gasteiger partial charge >= 0.3 is 0 Å². The summed E-state index contributed by atoms with van der Waals surface area (Å²) in [6.07, 6.45) is 3.99. The Morgan fingerprint density at radius 1 is 1.22 bits per heavy atom. The minimum atomic E-state index is -0.221. The van der Waals surface area contributed by atoms with Gasteiger partial charge in [0.25, 0.3) is 0 Å². The minimum absolute atomic E-state index is 0.181. The van der Waals surface area contributed by atoms with Crippen molar-refractivity contribution in [3.05, 3.63) is 47.4 Å². The highest BCUT2D eigenvalue weighted by molar-refractivity contribution is 5.38. The number of hydrogen-bond acceptors (Lipinski definition) is 5. The van der Waals surface area contributed by atoms with Crippen molar-refractivity contribution in [2.75, 3.05) is 13.1 Å². The van der Waals surface area contributed by atoms with Crippen molar-refractivity contribution in [1.82, 2.24) is 15.0 Å². The van der Waals surface area contributed by atoms with Gasteiger partial charge in [0.15, 0.2) is 5.82 Å². The van der Waals surface area contributed by atoms with Crippen molar-refractivity contribution >= 4 is 0 Å². The molecule has 0 unspecified atom stereocenters. The maximum Gasteiger partial charge on any atom is 0.240 e. The topological polar surface area (TPSA) is 68.2 Å². The van der Waals surface area contributed by atoms with Crippen LogP contribution >= 0.6 is 0 Å². The summed E-state index contributed by atoms with van der Waals surface area (Å²) in [7, 11) is 0. The molecule has 1 aromatic carbocycles. The Morgan fingerprint density at radius 2 is 1.91 bits per heavy atom. The molecule has 1 aliphatic heterocycles. The second kappa shape index (κ2) is 5.69. The van der Waals surface area contributed by atoms with Crippen molar-refractivity contribution in [2.45, 2.75) is 43.7 Å². The molecule has 0 bridgehead atoms. The van der Waals surface area contributed by atoms with Crippen LogP contribution in [-0.4, -0.2) is 34.2 Å². The molecule has 2 fully saturated rings. The second-order valence-electron chi connectivity index (χ2n) is 6.71. The predicted octanol–water partition coefficient (Wildman–Crippen LogP) is 2.21. The smallest absolute Gasteiger partial charge is 0.240 e. The third-order valence-electron chi connectivity index (χ3n) is 5.03. The summed E-state index contributed by atoms with van der Waals surface area (Å²) in [4.78, 5) is 6.92. The number of benzene rings is 1. The van der Waals surface area contributed by atoms with Crippen molar-refractivity contribution in [1.29, 1.82) is 0 Å². The van der Waals surface area contributed by atoms with Crippen LogP contribution in [0.15, 0.2) is 28.8 Å². The van der Waals surface area contributed by atoms with E-state index in [1.807, 2.05) is 12.1 Å². The van der Waals surface area contributed by atoms with Crippen LogP contribution in [0.1, 0.15) is 43.0 Å². The lowest BCUT2D eigenvalue weighted by Gasteiger charge is -2.28. The average molecular weight is 316 g/mol. The standard InChI is InChI=1S/C17H21FN4O/c18-13-3-1-12(2-4-13)17(7-8-17)16-20-15(23-21-16)11-22-9-5-14(19)6-10-22/h1-4,14H,5-11,19H2. The Kier molecular flexibility index (Phi) is 3.66. The molecule has 2 aliphatic rings. The number of nitrogens with two attached hydrogens (primary N) is 1. The maximum absolute atomic E-state index is 13.1. The molecule has 23 heavy (non-hydrogen) atoms. The van der Waals surface area contributed by atoms with E-state index in [4.69, 9.17) is 10.3 Å². The Balaban J connectivity index is 1.48. The van der Waals surface area contributed by atoms with Gasteiger partial charge in [0.2, 0.25) is 5.89 Å². The van der Waals surface area contributed by atoms with Gasteiger partial charge < -0.3 is 10.3 Å². The number of piperidine rings is 1. The van der Waals surface area contributed by atoms with Gasteiger partial charge in [0, 0.05) is 19.1 Å². The molecule has 0 atom stereocenters. The largest absolute Gasteiger partial charge is 0.338 e. The SMILES string of the molecule is NC1CCN(Cc2nc(C3(c4ccc(F)cc4)CC3)no2)CC1. The normalized spacial score (nSPS) is 21.5. The van der Waals surface area contributed by atoms with Crippen LogP contribution in [0.3, 0.4) is 0 Å². The third-order valence-corrected chi connectivity index (χ3v) is 5.03. The lowest BCUT2D eigenvalue weighted by Crippen LogP contribution is -2.39. The lowest BCUT2D eigenvalue weighted by molar-refractivity contribution is 0.181. The summed E-state index contributed by atoms with van der Waals surface area (Å²) in [5.74, 6) is 1.17. The van der Waals surface area contributed by atoms with E-state index in [9.17, 15) is 4.39 Å². The van der Waals surface area contributed by atoms with Gasteiger partial charge in [-0.1, -0.05) is 17.3 Å². The van der Waals surface area contributed by atoms with E-state index in [-0.39, 0.29) is 11.2 Å². The lowest BCUT2D eigenvalue weighted by atomic mass is 9.95. The highest BCUT2D eigenvalue weighted by atomic mass is 19.1. The molecule has 0 amide bonds. The van der Waals surface area contributed by atoms with Crippen LogP contribution < -0.4 is 5.73 Å². The first kappa shape index (κ1) is 14.8. The van der Waals surface area contributed by atoms with Crippen LogP contribution in [0.4, 0.5) is 4.39 Å². The number of rotatable bonds is 4. The molecule has 0 radical (unpaired) electrons. The van der Waals surface area contributed by atoms with E-state index in [0.29, 0.717) is 18.5 Å². The zero-order chi connectivity index (χ0) is 15.9. The molecule has 2 heterocycles. The summed E-state index contributed by atoms with van der Waals surface area (Å²) >= 11 is 0. The van der Waals surface area contributed by atoms with E-state index in [1.165, 1.54) is 12.1 Å². The Morgan fingerprint density at radius 3 is 2.57 bits per heavy atom. The van der Waals surface area contributed by atoms with Crippen LogP contribution in [0, 0.1) is 5.82 Å². The molecule has 5 nitrogen and oxygen atoms in total. The van der Waals surface area contributed by atoms with Crippen LogP contribution in [0.2, 0.25) is 0 Å². The summed E-state index contributed by atoms with van der Waals surface area (Å²) in [5, 5.41) is 4.20. The van der Waals surface area contributed by atoms with Gasteiger partial charge in [-0.15, -0.1) is 0 Å². The summed E-state index contributed by atoms with van der Waals surface area (Å²) in [6.45, 7) is 2.63. The third kappa shape index (κ3) is 2.88. The molecule has 2 N–H and O–H groups in total. The molecule has 6 heteroatoms. The van der Waals surface area contributed by atoms with Gasteiger partial charge in [-0.05, 0) is 43.4 Å². The van der Waals surface area contributed by atoms with E-state index in [0.717, 1.165) is 50.2 Å². The van der Waals surface area contributed by atoms with Crippen molar-refractivity contribution < 1.29 is 8.91 Å². The molecule has 122 valence electrons. The highest BCUT2D eigenvalue weighted by Gasteiger charge is 2.50. The highest BCUT2D eigenvalue weighted by Crippen LogP contribution is 2.52. The van der Waals surface area contributed by atoms with Gasteiger partial charge in [-0.25, -0.2) is 4.39 Å². The second-order valence-corrected chi connectivity index (χ2v) is 6.71. The molecule has 1 aromatic heterocycles. The molecule has 0 spiro atoms. The van der Waals surface area contributed by atoms with Crippen LogP contribution in [-0.2, 0) is 12.0 Å². The maximum atomic E-state index is 13.1. The zero-order valence-corrected chi connectivity index (χ0v) is 13.0. The summed E-state index contributed by atoms with van der Waals surface area (Å²) in [6, 6.07) is 6.95. The van der Waals surface area contributed by atoms with Crippen molar-refractivity contribution in [3.63, 3.8) is 0 Å². The number of halogens is 1. The Labute approximate surface area is 134 Å². The summed E-state index contributed by atoms with van der Waals surface area (Å²) in [5.41, 5.74) is 6.81. The van der Waals surface area contributed by atoms with Gasteiger partial charge in [0.1, 0.15) is 5.82 Å². The fourth-order valence-electron chi connectivity index (χ4n) is 3.35. The van der Waals surface area contributed by atoms with Crippen molar-refractivity contribution in [3.8, 4) is 0 Å². The number of likely N-dealkylation sites (tertiary alicyclic amines) is 1. The fourth-order valence-corrected chi connectivity index (χ4v) is 3.35. The van der Waals surface area contributed by atoms with Crippen molar-refractivity contribution in [2.24, 2.45) is 5.73 Å². The van der Waals surface area contributed by atoms with Gasteiger partial charge in [0.05, 0.1) is 12.0 Å². The first-order valence-electron chi connectivity index (χ1n) is 8.23. The minimum Gasteiger partial charge on any atom is -0.338 e. The molecule has 1 saturated heterocycles. The zero-order valence-electron chi connectivity index (χ0n) is 13.0. The van der Waals surface area contributed by atoms with E-state index in [1.54, 1.807) is 0 Å². The number of hydrogen-bond donors (Lipinski definition) is 1. The molecule has 1 saturated carbocycles. The first-order chi connectivity index (χ1) is 11.2. The van der Waals surface area contributed by atoms with Gasteiger partial charge in [-0.2, -0.15) is 4.98 Å². The van der Waals surface area contributed by atoms with E-state index >= 15 is 0 Å². The predicted molar refractivity (Wildman–Crippen MR) is 83.2 cm³/mol. The number of nitrogens with zero attached hydrogens (tertiary/aromatic N) is 3. The number of aromatic nitrogens is 2. The monoisotopic (exact) mass is 316 g/mol. The molecule has 1 aliphatic carbocycles. The average Bonchev–Trinajstić information content (AvgIpc) is 3.23. The van der Waals surface area contributed by atoms with Gasteiger partial charge in [-0.3, -0.25) is 4.90 Å². The van der Waals surface area contributed by atoms with Crippen LogP contribution in [0.25, 0.3) is 0 Å². The first-order valence-corrected chi connectivity index (χ1v) is 8.23. The van der Waals surface area contributed by atoms with E-state index in [2.05, 4.69) is 15.0 Å². The molecule has 2 aromatic rings. The Bertz CT molecular complexity index is 672. The molecular weight excluding hydrogens is 295 g/mol.